The molecule has 1 fully saturated rings. The largest absolute Gasteiger partial charge is 0.508 e. The maximum atomic E-state index is 12.9. The molecule has 1 unspecified atom stereocenters. The smallest absolute Gasteiger partial charge is 0.465 e. The predicted molar refractivity (Wildman–Crippen MR) is 261 cm³/mol. The summed E-state index contributed by atoms with van der Waals surface area (Å²) in [6, 6.07) is 0. The lowest BCUT2D eigenvalue weighted by Crippen LogP contribution is -2.37. The molecule has 0 aromatic heterocycles. The summed E-state index contributed by atoms with van der Waals surface area (Å²) < 4.78 is 44.8. The van der Waals surface area contributed by atoms with Crippen LogP contribution in [-0.2, 0) is 47.5 Å². The van der Waals surface area contributed by atoms with Crippen LogP contribution < -0.4 is 0 Å². The molecule has 1 heterocycles. The summed E-state index contributed by atoms with van der Waals surface area (Å²) in [5.41, 5.74) is 0. The highest BCUT2D eigenvalue weighted by Crippen LogP contribution is 2.17. The molecule has 0 aromatic carbocycles. The van der Waals surface area contributed by atoms with Crippen LogP contribution in [0.2, 0.25) is 0 Å². The van der Waals surface area contributed by atoms with Crippen molar-refractivity contribution in [1.82, 2.24) is 4.90 Å². The molecule has 0 spiro atoms. The van der Waals surface area contributed by atoms with Gasteiger partial charge in [-0.15, -0.1) is 0 Å². The van der Waals surface area contributed by atoms with Crippen molar-refractivity contribution in [3.05, 3.63) is 0 Å². The number of carbonyl (C=O) groups excluding carboxylic acids is 3. The third kappa shape index (κ3) is 37.8. The van der Waals surface area contributed by atoms with Crippen LogP contribution >= 0.6 is 0 Å². The minimum absolute atomic E-state index is 0. The fourth-order valence-corrected chi connectivity index (χ4v) is 6.63. The standard InChI is InChI=1S/C53H85NO11.CH4/c1-6-11-15-19-27-38-58-51(59-39-28-20-16-12-7-2)35-25-23-33-49(55)62-44-48(46-65-53(57)64-43-47-32-31-37-54(10-5)42-47)45-63-50(56)34-24-26-36-52(60-40-29-21-17-13-8-3)61-41-30-22-18-14-9-4;/h47-48,51-52H,6-26,31-37,42-46H2,1-5H3;1H4. The number of hydrogen-bond donors (Lipinski definition) is 0. The van der Waals surface area contributed by atoms with Crippen molar-refractivity contribution in [2.24, 2.45) is 11.8 Å². The quantitative estimate of drug-likeness (QED) is 0.0197. The van der Waals surface area contributed by atoms with Crippen LogP contribution in [-0.4, -0.2) is 81.6 Å². The second-order valence-electron chi connectivity index (χ2n) is 16.8. The molecule has 0 N–H and O–H groups in total. The monoisotopic (exact) mass is 928 g/mol. The summed E-state index contributed by atoms with van der Waals surface area (Å²) in [5.74, 6) is 11.0. The van der Waals surface area contributed by atoms with E-state index < -0.39 is 36.6 Å². The highest BCUT2D eigenvalue weighted by Gasteiger charge is 2.22. The normalized spacial score (nSPS) is 13.0. The third-order valence-electron chi connectivity index (χ3n) is 10.7. The number of ether oxygens (including phenoxy) is 8. The molecule has 1 aliphatic rings. The zero-order valence-corrected chi connectivity index (χ0v) is 41.1. The summed E-state index contributed by atoms with van der Waals surface area (Å²) in [5, 5.41) is 0. The van der Waals surface area contributed by atoms with Gasteiger partial charge in [-0.3, -0.25) is 9.59 Å². The van der Waals surface area contributed by atoms with Gasteiger partial charge in [0.25, 0.3) is 12.6 Å². The lowest BCUT2D eigenvalue weighted by Gasteiger charge is -2.31. The zero-order valence-electron chi connectivity index (χ0n) is 41.1. The van der Waals surface area contributed by atoms with E-state index in [9.17, 15) is 14.4 Å². The van der Waals surface area contributed by atoms with Crippen LogP contribution in [0.4, 0.5) is 4.79 Å². The second kappa shape index (κ2) is 45.8. The Balaban J connectivity index is 0.0000422. The van der Waals surface area contributed by atoms with E-state index >= 15 is 0 Å². The molecule has 0 radical (unpaired) electrons. The van der Waals surface area contributed by atoms with Crippen molar-refractivity contribution < 1.29 is 52.3 Å². The Bertz CT molecular complexity index is 1320. The molecule has 0 saturated carbocycles. The molecule has 1 rings (SSSR count). The molecule has 1 aliphatic heterocycles. The molecular formula is C54H89NO11. The van der Waals surface area contributed by atoms with Crippen molar-refractivity contribution in [3.8, 4) is 48.1 Å². The Hall–Kier alpha value is -4.39. The van der Waals surface area contributed by atoms with E-state index in [1.165, 1.54) is 0 Å². The molecule has 1 atom stereocenters. The molecule has 12 nitrogen and oxygen atoms in total. The van der Waals surface area contributed by atoms with Crippen LogP contribution in [0.5, 0.6) is 0 Å². The number of unbranched alkanes of at least 4 members (excludes halogenated alkanes) is 14. The summed E-state index contributed by atoms with van der Waals surface area (Å²) in [4.78, 5) is 40.7. The zero-order chi connectivity index (χ0) is 47.3. The maximum absolute atomic E-state index is 12.9. The number of piperidine rings is 1. The number of rotatable bonds is 35. The first kappa shape index (κ1) is 61.6. The molecule has 0 amide bonds. The van der Waals surface area contributed by atoms with Gasteiger partial charge in [-0.1, -0.05) is 117 Å². The highest BCUT2D eigenvalue weighted by molar-refractivity contribution is 5.69. The third-order valence-corrected chi connectivity index (χ3v) is 10.7. The van der Waals surface area contributed by atoms with Crippen LogP contribution in [0.1, 0.15) is 209 Å². The summed E-state index contributed by atoms with van der Waals surface area (Å²) >= 11 is 0. The first-order valence-corrected chi connectivity index (χ1v) is 25.2. The van der Waals surface area contributed by atoms with Crippen molar-refractivity contribution >= 4 is 18.1 Å². The Morgan fingerprint density at radius 2 is 0.939 bits per heavy atom. The number of hydrogen-bond acceptors (Lipinski definition) is 12. The van der Waals surface area contributed by atoms with Gasteiger partial charge in [0.2, 0.25) is 0 Å². The van der Waals surface area contributed by atoms with Crippen molar-refractivity contribution in [1.29, 1.82) is 0 Å². The molecule has 66 heavy (non-hydrogen) atoms. The summed E-state index contributed by atoms with van der Waals surface area (Å²) in [7, 11) is 0. The van der Waals surface area contributed by atoms with Crippen LogP contribution in [0.25, 0.3) is 0 Å². The number of carbonyl (C=O) groups is 3. The van der Waals surface area contributed by atoms with Crippen molar-refractivity contribution in [2.75, 3.05) is 46.1 Å². The molecule has 12 heteroatoms. The van der Waals surface area contributed by atoms with Gasteiger partial charge < -0.3 is 42.8 Å². The van der Waals surface area contributed by atoms with E-state index in [0.29, 0.717) is 38.5 Å². The van der Waals surface area contributed by atoms with E-state index in [4.69, 9.17) is 37.9 Å². The molecule has 0 bridgehead atoms. The minimum atomic E-state index is -0.799. The predicted octanol–water partition coefficient (Wildman–Crippen LogP) is 12.2. The average molecular weight is 928 g/mol. The molecule has 0 aliphatic carbocycles. The van der Waals surface area contributed by atoms with Gasteiger partial charge in [0.05, 0.1) is 12.5 Å². The molecule has 0 aromatic rings. The number of likely N-dealkylation sites (tertiary alicyclic amines) is 1. The Labute approximate surface area is 401 Å². The Morgan fingerprint density at radius 1 is 0.530 bits per heavy atom. The minimum Gasteiger partial charge on any atom is -0.465 e. The maximum Gasteiger partial charge on any atom is 0.508 e. The fourth-order valence-electron chi connectivity index (χ4n) is 6.63. The number of esters is 2. The second-order valence-corrected chi connectivity index (χ2v) is 16.8. The topological polar surface area (TPSA) is 128 Å². The van der Waals surface area contributed by atoms with Gasteiger partial charge >= 0.3 is 18.1 Å². The van der Waals surface area contributed by atoms with Gasteiger partial charge in [-0.05, 0) is 77.3 Å². The summed E-state index contributed by atoms with van der Waals surface area (Å²) in [6.07, 6.45) is 30.8. The average Bonchev–Trinajstić information content (AvgIpc) is 3.31. The van der Waals surface area contributed by atoms with Crippen LogP contribution in [0.3, 0.4) is 0 Å². The van der Waals surface area contributed by atoms with Crippen molar-refractivity contribution in [3.63, 3.8) is 0 Å². The SMILES string of the molecule is C.CCCCCC#COC(CCCCC(=O)OCC(COC(=O)CCCCC(OC#CCCCCC)OC#CCCCCC)COC(=O)OCC1CCCN(CC)C1)OC#CCCCCC. The van der Waals surface area contributed by atoms with Gasteiger partial charge in [0, 0.05) is 63.8 Å². The van der Waals surface area contributed by atoms with E-state index in [1.807, 2.05) is 0 Å². The van der Waals surface area contributed by atoms with E-state index in [-0.39, 0.29) is 52.6 Å². The van der Waals surface area contributed by atoms with Crippen LogP contribution in [0.15, 0.2) is 0 Å². The van der Waals surface area contributed by atoms with Crippen LogP contribution in [0, 0.1) is 59.9 Å². The lowest BCUT2D eigenvalue weighted by atomic mass is 9.99. The van der Waals surface area contributed by atoms with Crippen molar-refractivity contribution in [2.45, 2.75) is 222 Å². The molecule has 1 saturated heterocycles. The van der Waals surface area contributed by atoms with Gasteiger partial charge in [-0.2, -0.15) is 0 Å². The Kier molecular flexibility index (Phi) is 42.7. The molecular weight excluding hydrogens is 839 g/mol. The van der Waals surface area contributed by atoms with E-state index in [2.05, 4.69) is 87.6 Å². The Morgan fingerprint density at radius 3 is 1.33 bits per heavy atom. The van der Waals surface area contributed by atoms with E-state index in [1.54, 1.807) is 0 Å². The van der Waals surface area contributed by atoms with Gasteiger partial charge in [0.15, 0.2) is 0 Å². The first-order chi connectivity index (χ1) is 31.8. The van der Waals surface area contributed by atoms with E-state index in [0.717, 1.165) is 135 Å². The first-order valence-electron chi connectivity index (χ1n) is 25.2. The number of nitrogens with zero attached hydrogens (tertiary/aromatic N) is 1. The molecule has 376 valence electrons. The lowest BCUT2D eigenvalue weighted by molar-refractivity contribution is -0.150. The van der Waals surface area contributed by atoms with Gasteiger partial charge in [-0.25, -0.2) is 4.79 Å². The summed E-state index contributed by atoms with van der Waals surface area (Å²) in [6.45, 7) is 13.5. The highest BCUT2D eigenvalue weighted by atomic mass is 16.7. The fraction of sp³-hybridized carbons (Fsp3) is 0.796. The van der Waals surface area contributed by atoms with Gasteiger partial charge in [0.1, 0.15) is 44.2 Å².